The Morgan fingerprint density at radius 3 is 2.27 bits per heavy atom. The number of allylic oxidation sites excluding steroid dienone is 1. The fourth-order valence-electron chi connectivity index (χ4n) is 6.27. The van der Waals surface area contributed by atoms with Crippen molar-refractivity contribution in [3.05, 3.63) is 77.4 Å². The van der Waals surface area contributed by atoms with Crippen LogP contribution in [0.5, 0.6) is 0 Å². The molecule has 6 rings (SSSR count). The molecule has 9 heteroatoms. The van der Waals surface area contributed by atoms with Crippen LogP contribution in [0.2, 0.25) is 0 Å². The van der Waals surface area contributed by atoms with Crippen molar-refractivity contribution in [3.63, 3.8) is 0 Å². The quantitative estimate of drug-likeness (QED) is 0.428. The summed E-state index contributed by atoms with van der Waals surface area (Å²) in [6.07, 6.45) is 0.0108. The van der Waals surface area contributed by atoms with Crippen LogP contribution in [0.3, 0.4) is 0 Å². The van der Waals surface area contributed by atoms with Gasteiger partial charge in [0.1, 0.15) is 0 Å². The van der Waals surface area contributed by atoms with E-state index < -0.39 is 11.7 Å². The summed E-state index contributed by atoms with van der Waals surface area (Å²) >= 11 is 0. The summed E-state index contributed by atoms with van der Waals surface area (Å²) in [5.41, 5.74) is 1.76. The van der Waals surface area contributed by atoms with Gasteiger partial charge in [0.15, 0.2) is 0 Å². The maximum absolute atomic E-state index is 13.4. The third-order valence-electron chi connectivity index (χ3n) is 9.07. The van der Waals surface area contributed by atoms with Gasteiger partial charge in [-0.05, 0) is 66.5 Å². The Morgan fingerprint density at radius 2 is 1.68 bits per heavy atom. The van der Waals surface area contributed by atoms with Gasteiger partial charge in [-0.25, -0.2) is 4.79 Å². The molecule has 3 amide bonds. The van der Waals surface area contributed by atoms with Gasteiger partial charge in [0, 0.05) is 57.1 Å². The Kier molecular flexibility index (Phi) is 7.95. The number of hydrogen-bond acceptors (Lipinski definition) is 3. The minimum absolute atomic E-state index is 0.0310. The van der Waals surface area contributed by atoms with Crippen molar-refractivity contribution >= 4 is 17.6 Å². The van der Waals surface area contributed by atoms with Gasteiger partial charge in [-0.3, -0.25) is 9.69 Å². The molecule has 214 valence electrons. The van der Waals surface area contributed by atoms with Crippen LogP contribution in [0.1, 0.15) is 42.6 Å². The lowest BCUT2D eigenvalue weighted by Crippen LogP contribution is -2.52. The van der Waals surface area contributed by atoms with Crippen molar-refractivity contribution in [1.82, 2.24) is 14.7 Å². The van der Waals surface area contributed by atoms with Crippen molar-refractivity contribution in [2.75, 3.05) is 51.1 Å². The van der Waals surface area contributed by atoms with E-state index in [1.807, 2.05) is 35.2 Å². The summed E-state index contributed by atoms with van der Waals surface area (Å²) < 4.78 is 38.9. The topological polar surface area (TPSA) is 55.9 Å². The lowest BCUT2D eigenvalue weighted by atomic mass is 9.49. The van der Waals surface area contributed by atoms with Crippen LogP contribution in [0, 0.1) is 17.3 Å². The SMILES string of the molecule is CC1(C)C2CC=C(CN(CCN3CCN(C(=O)c4ccccc4)CC3)C(=O)Nc3ccc(C(F)(F)F)cc3)C1C2. The molecule has 2 aromatic rings. The number of amides is 3. The Labute approximate surface area is 233 Å². The summed E-state index contributed by atoms with van der Waals surface area (Å²) in [5.74, 6) is 1.16. The minimum Gasteiger partial charge on any atom is -0.336 e. The van der Waals surface area contributed by atoms with Gasteiger partial charge >= 0.3 is 12.2 Å². The number of halogens is 3. The van der Waals surface area contributed by atoms with E-state index in [0.717, 1.165) is 25.0 Å². The van der Waals surface area contributed by atoms with E-state index in [1.54, 1.807) is 4.90 Å². The molecule has 0 aromatic heterocycles. The Balaban J connectivity index is 1.21. The maximum Gasteiger partial charge on any atom is 0.416 e. The molecule has 3 aliphatic carbocycles. The van der Waals surface area contributed by atoms with Gasteiger partial charge in [-0.1, -0.05) is 43.7 Å². The Hall–Kier alpha value is -3.33. The third-order valence-corrected chi connectivity index (χ3v) is 9.07. The number of nitrogens with one attached hydrogen (secondary N) is 1. The number of alkyl halides is 3. The van der Waals surface area contributed by atoms with E-state index in [-0.39, 0.29) is 17.4 Å². The number of hydrogen-bond donors (Lipinski definition) is 1. The Morgan fingerprint density at radius 1 is 1.00 bits per heavy atom. The molecule has 1 saturated carbocycles. The van der Waals surface area contributed by atoms with Crippen molar-refractivity contribution in [1.29, 1.82) is 0 Å². The molecule has 1 N–H and O–H groups in total. The van der Waals surface area contributed by atoms with Crippen LogP contribution < -0.4 is 5.32 Å². The molecule has 1 aliphatic heterocycles. The minimum atomic E-state index is -4.43. The number of rotatable bonds is 7. The number of nitrogens with zero attached hydrogens (tertiary/aromatic N) is 3. The van der Waals surface area contributed by atoms with Crippen molar-refractivity contribution in [2.45, 2.75) is 32.9 Å². The van der Waals surface area contributed by atoms with Crippen molar-refractivity contribution < 1.29 is 22.8 Å². The summed E-state index contributed by atoms with van der Waals surface area (Å²) in [7, 11) is 0. The van der Waals surface area contributed by atoms with E-state index in [4.69, 9.17) is 0 Å². The molecule has 0 spiro atoms. The predicted octanol–water partition coefficient (Wildman–Crippen LogP) is 5.99. The van der Waals surface area contributed by atoms with Crippen LogP contribution in [0.4, 0.5) is 23.7 Å². The fourth-order valence-corrected chi connectivity index (χ4v) is 6.27. The molecular weight excluding hydrogens is 517 g/mol. The first-order valence-electron chi connectivity index (χ1n) is 14.0. The molecule has 6 nitrogen and oxygen atoms in total. The van der Waals surface area contributed by atoms with Crippen LogP contribution >= 0.6 is 0 Å². The normalized spacial score (nSPS) is 22.2. The number of carbonyl (C=O) groups excluding carboxylic acids is 2. The second-order valence-electron chi connectivity index (χ2n) is 11.7. The zero-order valence-electron chi connectivity index (χ0n) is 23.1. The number of piperazine rings is 1. The lowest BCUT2D eigenvalue weighted by molar-refractivity contribution is -0.137. The standard InChI is InChI=1S/C31H37F3N4O2/c1-30(2)25-9-8-23(27(30)20-25)21-38(29(40)35-26-12-10-24(11-13-26)31(32,33)34)19-16-36-14-17-37(18-15-36)28(39)22-6-4-3-5-7-22/h3-8,10-13,25,27H,9,14-21H2,1-2H3,(H,35,40). The van der Waals surface area contributed by atoms with Crippen molar-refractivity contribution in [3.8, 4) is 0 Å². The number of carbonyl (C=O) groups is 2. The van der Waals surface area contributed by atoms with Crippen LogP contribution in [-0.4, -0.2) is 72.5 Å². The second kappa shape index (κ2) is 11.3. The molecule has 0 radical (unpaired) electrons. The highest BCUT2D eigenvalue weighted by Crippen LogP contribution is 2.59. The third kappa shape index (κ3) is 6.04. The first kappa shape index (κ1) is 28.2. The van der Waals surface area contributed by atoms with Crippen LogP contribution in [0.25, 0.3) is 0 Å². The number of urea groups is 1. The molecule has 40 heavy (non-hydrogen) atoms. The molecule has 2 fully saturated rings. The van der Waals surface area contributed by atoms with E-state index in [9.17, 15) is 22.8 Å². The van der Waals surface area contributed by atoms with Crippen molar-refractivity contribution in [2.24, 2.45) is 17.3 Å². The molecule has 4 aliphatic rings. The van der Waals surface area contributed by atoms with E-state index in [0.29, 0.717) is 68.9 Å². The summed E-state index contributed by atoms with van der Waals surface area (Å²) in [6.45, 7) is 8.89. The predicted molar refractivity (Wildman–Crippen MR) is 149 cm³/mol. The maximum atomic E-state index is 13.4. The first-order chi connectivity index (χ1) is 19.0. The van der Waals surface area contributed by atoms with E-state index in [2.05, 4.69) is 30.1 Å². The van der Waals surface area contributed by atoms with Gasteiger partial charge in [0.2, 0.25) is 0 Å². The average Bonchev–Trinajstić information content (AvgIpc) is 2.95. The summed E-state index contributed by atoms with van der Waals surface area (Å²) in [4.78, 5) is 32.1. The average molecular weight is 555 g/mol. The highest BCUT2D eigenvalue weighted by atomic mass is 19.4. The van der Waals surface area contributed by atoms with Gasteiger partial charge in [0.05, 0.1) is 5.56 Å². The summed E-state index contributed by atoms with van der Waals surface area (Å²) in [6, 6.07) is 13.5. The van der Waals surface area contributed by atoms with Gasteiger partial charge in [0.25, 0.3) is 5.91 Å². The highest BCUT2D eigenvalue weighted by Gasteiger charge is 2.51. The zero-order chi connectivity index (χ0) is 28.5. The Bertz CT molecular complexity index is 1240. The van der Waals surface area contributed by atoms with E-state index >= 15 is 0 Å². The largest absolute Gasteiger partial charge is 0.416 e. The smallest absolute Gasteiger partial charge is 0.336 e. The van der Waals surface area contributed by atoms with Crippen LogP contribution in [0.15, 0.2) is 66.2 Å². The molecule has 1 heterocycles. The van der Waals surface area contributed by atoms with Gasteiger partial charge < -0.3 is 15.1 Å². The highest BCUT2D eigenvalue weighted by molar-refractivity contribution is 5.94. The molecule has 2 unspecified atom stereocenters. The second-order valence-corrected chi connectivity index (χ2v) is 11.7. The molecule has 1 saturated heterocycles. The number of anilines is 1. The summed E-state index contributed by atoms with van der Waals surface area (Å²) in [5, 5.41) is 2.81. The molecule has 2 aromatic carbocycles. The van der Waals surface area contributed by atoms with Crippen LogP contribution in [-0.2, 0) is 6.18 Å². The van der Waals surface area contributed by atoms with E-state index in [1.165, 1.54) is 17.7 Å². The van der Waals surface area contributed by atoms with Gasteiger partial charge in [-0.2, -0.15) is 13.2 Å². The zero-order valence-corrected chi connectivity index (χ0v) is 23.1. The fraction of sp³-hybridized carbons (Fsp3) is 0.484. The first-order valence-corrected chi connectivity index (χ1v) is 14.0. The lowest BCUT2D eigenvalue weighted by Gasteiger charge is -2.57. The number of fused-ring (bicyclic) bond motifs is 1. The number of benzene rings is 2. The molecule has 2 bridgehead atoms. The molecule has 2 atom stereocenters. The van der Waals surface area contributed by atoms with Gasteiger partial charge in [-0.15, -0.1) is 0 Å². The monoisotopic (exact) mass is 554 g/mol. The molecular formula is C31H37F3N4O2.